The molecule has 20 heteroatoms. The van der Waals surface area contributed by atoms with Gasteiger partial charge in [0.25, 0.3) is 0 Å². The number of hydrogen-bond acceptors (Lipinski definition) is 5. The van der Waals surface area contributed by atoms with Crippen LogP contribution in [-0.4, -0.2) is 117 Å². The molecule has 4 N–H and O–H groups in total. The van der Waals surface area contributed by atoms with E-state index in [0.29, 0.717) is 27.2 Å². The molecule has 47 heavy (non-hydrogen) atoms. The number of carbonyl (C=O) groups is 2. The third-order valence-corrected chi connectivity index (χ3v) is 8.73. The minimum atomic E-state index is -4.72. The number of amides is 3. The van der Waals surface area contributed by atoms with Gasteiger partial charge in [0.05, 0.1) is 0 Å². The van der Waals surface area contributed by atoms with Crippen molar-refractivity contribution in [1.29, 1.82) is 0 Å². The van der Waals surface area contributed by atoms with Crippen LogP contribution in [0.15, 0.2) is 41.3 Å². The number of hydrogen-bond donors (Lipinski definition) is 4. The molecule has 2 aromatic heterocycles. The average molecular weight is 701 g/mol. The molecule has 0 aliphatic carbocycles. The largest absolute Gasteiger partial charge is 0.466 e. The number of rotatable bonds is 5. The smallest absolute Gasteiger partial charge is 0.303 e. The minimum absolute atomic E-state index is 0.0434. The molecule has 0 radical (unpaired) electrons. The summed E-state index contributed by atoms with van der Waals surface area (Å²) in [5, 5.41) is 2.58. The van der Waals surface area contributed by atoms with Gasteiger partial charge in [-0.15, -0.1) is 0 Å². The molecule has 2 saturated heterocycles. The molecule has 0 bridgehead atoms. The molecule has 3 amide bonds. The number of fused-ring (bicyclic) bond motifs is 1. The van der Waals surface area contributed by atoms with Gasteiger partial charge in [0.1, 0.15) is 6.54 Å². The zero-order valence-electron chi connectivity index (χ0n) is 25.1. The number of likely N-dealkylation sites (tertiary alicyclic amines) is 2. The van der Waals surface area contributed by atoms with E-state index in [2.05, 4.69) is 10.3 Å². The molecule has 3 aromatic rings. The molecular weight excluding hydrogens is 669 g/mol. The first kappa shape index (κ1) is 37.0. The summed E-state index contributed by atoms with van der Waals surface area (Å²) >= 11 is 0.773. The van der Waals surface area contributed by atoms with Gasteiger partial charge >= 0.3 is 171 Å². The predicted octanol–water partition coefficient (Wildman–Crippen LogP) is 2.36. The summed E-state index contributed by atoms with van der Waals surface area (Å²) in [5.41, 5.74) is 1.07. The van der Waals surface area contributed by atoms with Gasteiger partial charge in [-0.05, 0) is 18.1 Å². The van der Waals surface area contributed by atoms with E-state index in [1.54, 1.807) is 21.4 Å². The zero-order valence-corrected chi connectivity index (χ0v) is 28.0. The van der Waals surface area contributed by atoms with Gasteiger partial charge in [0.2, 0.25) is 0 Å². The monoisotopic (exact) mass is 700 g/mol. The van der Waals surface area contributed by atoms with Crippen molar-refractivity contribution < 1.29 is 50.8 Å². The van der Waals surface area contributed by atoms with Crippen LogP contribution in [0.5, 0.6) is 0 Å². The summed E-state index contributed by atoms with van der Waals surface area (Å²) in [7, 11) is -4.64. The minimum Gasteiger partial charge on any atom is -0.303 e. The zero-order chi connectivity index (χ0) is 34.7. The number of urea groups is 1. The van der Waals surface area contributed by atoms with Crippen molar-refractivity contribution in [2.45, 2.75) is 53.7 Å². The maximum Gasteiger partial charge on any atom is 0.466 e. The van der Waals surface area contributed by atoms with Crippen molar-refractivity contribution in [1.82, 2.24) is 29.2 Å². The van der Waals surface area contributed by atoms with Crippen LogP contribution in [0.3, 0.4) is 0 Å². The molecule has 2 atom stereocenters. The van der Waals surface area contributed by atoms with E-state index in [4.69, 9.17) is 19.2 Å². The summed E-state index contributed by atoms with van der Waals surface area (Å²) in [6.45, 7) is -1.51. The van der Waals surface area contributed by atoms with Crippen molar-refractivity contribution in [2.75, 3.05) is 26.2 Å². The summed E-state index contributed by atoms with van der Waals surface area (Å²) in [4.78, 5) is 67.4. The Hall–Kier alpha value is -2.86. The van der Waals surface area contributed by atoms with E-state index < -0.39 is 62.6 Å². The van der Waals surface area contributed by atoms with Gasteiger partial charge in [-0.2, -0.15) is 13.2 Å². The van der Waals surface area contributed by atoms with Crippen molar-refractivity contribution in [3.8, 4) is 0 Å². The van der Waals surface area contributed by atoms with Crippen molar-refractivity contribution in [3.63, 3.8) is 0 Å². The molecule has 13 nitrogen and oxygen atoms in total. The topological polar surface area (TPSA) is 170 Å². The summed E-state index contributed by atoms with van der Waals surface area (Å²) < 4.78 is 81.3. The molecule has 0 spiro atoms. The van der Waals surface area contributed by atoms with E-state index in [9.17, 15) is 36.3 Å². The molecule has 4 heterocycles. The Bertz CT molecular complexity index is 1700. The molecule has 2 aliphatic heterocycles. The Kier molecular flexibility index (Phi) is 11.9. The maximum atomic E-state index is 14.5. The van der Waals surface area contributed by atoms with Crippen LogP contribution in [0.2, 0.25) is 0 Å². The van der Waals surface area contributed by atoms with Crippen LogP contribution in [0.25, 0.3) is 11.2 Å². The number of benzene rings is 1. The second kappa shape index (κ2) is 15.1. The normalized spacial score (nSPS) is 19.7. The second-order valence-corrected chi connectivity index (χ2v) is 12.9. The number of nitrogens with one attached hydrogen (secondary N) is 1. The maximum absolute atomic E-state index is 14.5. The SMILES string of the molecule is O=C(N[C@@H]1CC[C@@H](c2cccc(F)c2F)CN(CC(F)(F)F)C1=O)N1CCC(n2c(=O)n([CH2][Na])c3ncccc32)CC1.O=P(O)(O)O. The number of piperidine rings is 1. The molecule has 0 saturated carbocycles. The van der Waals surface area contributed by atoms with Crippen LogP contribution in [-0.2, 0) is 13.2 Å². The molecule has 252 valence electrons. The number of pyridine rings is 1. The number of halogens is 5. The third-order valence-electron chi connectivity index (χ3n) is 8.09. The van der Waals surface area contributed by atoms with E-state index in [-0.39, 0.29) is 43.2 Å². The molecule has 2 fully saturated rings. The number of imidazole rings is 1. The fourth-order valence-electron chi connectivity index (χ4n) is 6.05. The van der Waals surface area contributed by atoms with Gasteiger partial charge in [-0.3, -0.25) is 4.79 Å². The van der Waals surface area contributed by atoms with E-state index in [1.807, 2.05) is 6.07 Å². The van der Waals surface area contributed by atoms with E-state index in [0.717, 1.165) is 39.5 Å². The number of aromatic nitrogens is 3. The standard InChI is InChI=1S/C27H28F5N6O3.Na.H3O4P/c1-35-23-21(6-3-11-33-23)38(26(35)41)17-9-12-36(13-10-17)25(40)34-20-8-7-16(18-4-2-5-19(28)22(18)29)14-37(24(20)39)15-27(30,31)32;;1-5(2,3)4/h2-6,11,16-17,20H,1,7-10,12-15H2,(H,34,40);;(H3,1,2,3,4)/t16-,20-;;/m1../s1. The molecule has 5 rings (SSSR count). The van der Waals surface area contributed by atoms with Gasteiger partial charge in [-0.25, -0.2) is 13.3 Å². The first-order valence-electron chi connectivity index (χ1n) is 14.7. The average Bonchev–Trinajstić information content (AvgIpc) is 3.19. The first-order valence-corrected chi connectivity index (χ1v) is 17.6. The van der Waals surface area contributed by atoms with Gasteiger partial charge < -0.3 is 19.6 Å². The second-order valence-electron chi connectivity index (χ2n) is 11.2. The van der Waals surface area contributed by atoms with Crippen molar-refractivity contribution >= 4 is 58.9 Å². The van der Waals surface area contributed by atoms with Crippen LogP contribution >= 0.6 is 7.82 Å². The molecule has 0 unspecified atom stereocenters. The Labute approximate surface area is 282 Å². The summed E-state index contributed by atoms with van der Waals surface area (Å²) in [5.74, 6) is -4.10. The van der Waals surface area contributed by atoms with E-state index >= 15 is 0 Å². The van der Waals surface area contributed by atoms with Crippen LogP contribution < -0.4 is 11.0 Å². The van der Waals surface area contributed by atoms with Crippen molar-refractivity contribution in [2.24, 2.45) is 0 Å². The van der Waals surface area contributed by atoms with Crippen molar-refractivity contribution in [3.05, 3.63) is 64.2 Å². The molecular formula is C27H31F5N6NaO7P. The molecule has 2 aliphatic rings. The van der Waals surface area contributed by atoms with Crippen LogP contribution in [0.4, 0.5) is 26.7 Å². The third kappa shape index (κ3) is 9.40. The molecule has 1 aromatic carbocycles. The number of alkyl halides is 3. The first-order chi connectivity index (χ1) is 22.0. The Morgan fingerprint density at radius 2 is 1.70 bits per heavy atom. The number of nitrogens with zero attached hydrogens (tertiary/aromatic N) is 5. The fraction of sp³-hybridized carbons (Fsp3) is 0.481. The summed E-state index contributed by atoms with van der Waals surface area (Å²) in [6.07, 6.45) is -2.15. The number of carbonyl (C=O) groups excluding carboxylic acids is 2. The Morgan fingerprint density at radius 1 is 1.04 bits per heavy atom. The fourth-order valence-corrected chi connectivity index (χ4v) is 6.63. The quantitative estimate of drug-likeness (QED) is 0.179. The van der Waals surface area contributed by atoms with E-state index in [1.165, 1.54) is 17.0 Å². The summed E-state index contributed by atoms with van der Waals surface area (Å²) in [6, 6.07) is 5.03. The Balaban J connectivity index is 0.000000930. The van der Waals surface area contributed by atoms with Gasteiger partial charge in [-0.1, -0.05) is 12.1 Å². The Morgan fingerprint density at radius 3 is 2.32 bits per heavy atom. The van der Waals surface area contributed by atoms with Gasteiger partial charge in [0, 0.05) is 12.5 Å². The van der Waals surface area contributed by atoms with Crippen LogP contribution in [0.1, 0.15) is 43.2 Å². The van der Waals surface area contributed by atoms with Crippen LogP contribution in [0, 0.1) is 11.6 Å². The number of phosphoric acid groups is 1. The van der Waals surface area contributed by atoms with Gasteiger partial charge in [0.15, 0.2) is 11.6 Å². The predicted molar refractivity (Wildman–Crippen MR) is 157 cm³/mol.